The molecule has 1 aromatic heterocycles. The van der Waals surface area contributed by atoms with Crippen molar-refractivity contribution < 1.29 is 18.0 Å². The molecule has 0 spiro atoms. The Morgan fingerprint density at radius 2 is 2.07 bits per heavy atom. The highest BCUT2D eigenvalue weighted by atomic mass is 35.5. The smallest absolute Gasteiger partial charge is 0.351 e. The van der Waals surface area contributed by atoms with Crippen molar-refractivity contribution in [2.45, 2.75) is 44.3 Å². The van der Waals surface area contributed by atoms with E-state index in [-0.39, 0.29) is 36.0 Å². The predicted octanol–water partition coefficient (Wildman–Crippen LogP) is 3.57. The third-order valence-corrected chi connectivity index (χ3v) is 5.07. The zero-order chi connectivity index (χ0) is 20.1. The molecule has 1 aliphatic rings. The summed E-state index contributed by atoms with van der Waals surface area (Å²) in [5, 5.41) is 14.0. The molecule has 1 aliphatic heterocycles. The number of aromatic nitrogens is 3. The second-order valence-corrected chi connectivity index (χ2v) is 7.13. The first-order valence-electron chi connectivity index (χ1n) is 9.42. The van der Waals surface area contributed by atoms with Crippen molar-refractivity contribution in [3.63, 3.8) is 0 Å². The molecule has 2 heterocycles. The Bertz CT molecular complexity index is 805. The molecule has 160 valence electrons. The highest BCUT2D eigenvalue weighted by molar-refractivity contribution is 5.91. The van der Waals surface area contributed by atoms with Crippen LogP contribution in [0, 0.1) is 0 Å². The van der Waals surface area contributed by atoms with E-state index in [2.05, 4.69) is 20.9 Å². The second-order valence-electron chi connectivity index (χ2n) is 7.13. The van der Waals surface area contributed by atoms with Crippen molar-refractivity contribution in [3.8, 4) is 0 Å². The molecule has 2 aromatic rings. The van der Waals surface area contributed by atoms with Gasteiger partial charge in [-0.15, -0.1) is 17.5 Å². The van der Waals surface area contributed by atoms with E-state index in [1.165, 1.54) is 6.07 Å². The second kappa shape index (κ2) is 10.1. The minimum absolute atomic E-state index is 0. The van der Waals surface area contributed by atoms with Crippen LogP contribution in [0.3, 0.4) is 0 Å². The molecule has 1 saturated heterocycles. The molecule has 0 bridgehead atoms. The van der Waals surface area contributed by atoms with Crippen LogP contribution < -0.4 is 10.6 Å². The Kier molecular flexibility index (Phi) is 8.04. The predicted molar refractivity (Wildman–Crippen MR) is 105 cm³/mol. The number of hydrogen-bond donors (Lipinski definition) is 2. The van der Waals surface area contributed by atoms with E-state index in [1.807, 2.05) is 6.92 Å². The van der Waals surface area contributed by atoms with Crippen LogP contribution in [0.4, 0.5) is 13.2 Å². The lowest BCUT2D eigenvalue weighted by Gasteiger charge is -2.22. The summed E-state index contributed by atoms with van der Waals surface area (Å²) in [4.78, 5) is 12.3. The van der Waals surface area contributed by atoms with Crippen LogP contribution in [0.2, 0.25) is 0 Å². The first-order chi connectivity index (χ1) is 13.3. The van der Waals surface area contributed by atoms with Gasteiger partial charge in [0.05, 0.1) is 17.8 Å². The number of amides is 1. The Balaban J connectivity index is 0.00000300. The third-order valence-electron chi connectivity index (χ3n) is 5.07. The number of benzene rings is 1. The lowest BCUT2D eigenvalue weighted by atomic mass is 9.96. The highest BCUT2D eigenvalue weighted by Gasteiger charge is 2.30. The summed E-state index contributed by atoms with van der Waals surface area (Å²) in [6, 6.07) is 5.55. The molecule has 0 saturated carbocycles. The number of nitrogens with zero attached hydrogens (tertiary/aromatic N) is 3. The van der Waals surface area contributed by atoms with Gasteiger partial charge in [0.25, 0.3) is 5.91 Å². The Morgan fingerprint density at radius 1 is 1.34 bits per heavy atom. The largest absolute Gasteiger partial charge is 0.416 e. The molecule has 1 unspecified atom stereocenters. The summed E-state index contributed by atoms with van der Waals surface area (Å²) in [6.45, 7) is 4.02. The molecular weight excluding hydrogens is 407 g/mol. The molecule has 0 aliphatic carbocycles. The van der Waals surface area contributed by atoms with E-state index in [0.29, 0.717) is 18.5 Å². The maximum Gasteiger partial charge on any atom is 0.416 e. The number of nitrogens with one attached hydrogen (secondary N) is 2. The molecule has 10 heteroatoms. The number of hydrogen-bond acceptors (Lipinski definition) is 4. The third kappa shape index (κ3) is 6.17. The van der Waals surface area contributed by atoms with Gasteiger partial charge in [-0.3, -0.25) is 4.79 Å². The summed E-state index contributed by atoms with van der Waals surface area (Å²) in [5.41, 5.74) is 0.196. The summed E-state index contributed by atoms with van der Waals surface area (Å²) < 4.78 is 40.3. The number of piperidine rings is 1. The van der Waals surface area contributed by atoms with Crippen molar-refractivity contribution in [3.05, 3.63) is 47.3 Å². The van der Waals surface area contributed by atoms with Gasteiger partial charge in [-0.05, 0) is 49.9 Å². The molecule has 1 fully saturated rings. The highest BCUT2D eigenvalue weighted by Crippen LogP contribution is 2.31. The van der Waals surface area contributed by atoms with Gasteiger partial charge in [0.2, 0.25) is 0 Å². The normalized spacial score (nSPS) is 16.1. The fourth-order valence-electron chi connectivity index (χ4n) is 3.31. The first kappa shape index (κ1) is 23.2. The van der Waals surface area contributed by atoms with Crippen molar-refractivity contribution in [2.75, 3.05) is 19.6 Å². The van der Waals surface area contributed by atoms with E-state index in [4.69, 9.17) is 0 Å². The standard InChI is InChI=1S/C19H24F3N5O.ClH/c1-13(14-3-2-4-15(11-14)19(20,21)22)5-10-24-18(28)17-12-27(26-25-17)16-6-8-23-9-7-16;/h2-4,11-13,16,23H,5-10H2,1H3,(H,24,28);1H. The van der Waals surface area contributed by atoms with Crippen LogP contribution in [-0.2, 0) is 6.18 Å². The minimum Gasteiger partial charge on any atom is -0.351 e. The molecule has 1 atom stereocenters. The molecule has 1 aromatic carbocycles. The van der Waals surface area contributed by atoms with Gasteiger partial charge in [0.15, 0.2) is 5.69 Å². The van der Waals surface area contributed by atoms with Crippen LogP contribution in [0.1, 0.15) is 59.8 Å². The summed E-state index contributed by atoms with van der Waals surface area (Å²) in [6.07, 6.45) is -0.293. The molecule has 0 radical (unpaired) electrons. The van der Waals surface area contributed by atoms with Crippen molar-refractivity contribution >= 4 is 18.3 Å². The Morgan fingerprint density at radius 3 is 2.76 bits per heavy atom. The van der Waals surface area contributed by atoms with Gasteiger partial charge in [0, 0.05) is 6.54 Å². The number of alkyl halides is 3. The van der Waals surface area contributed by atoms with Gasteiger partial charge >= 0.3 is 6.18 Å². The topological polar surface area (TPSA) is 71.8 Å². The van der Waals surface area contributed by atoms with Crippen molar-refractivity contribution in [2.24, 2.45) is 0 Å². The maximum atomic E-state index is 12.8. The summed E-state index contributed by atoms with van der Waals surface area (Å²) in [7, 11) is 0. The van der Waals surface area contributed by atoms with Crippen molar-refractivity contribution in [1.29, 1.82) is 0 Å². The fraction of sp³-hybridized carbons (Fsp3) is 0.526. The molecule has 2 N–H and O–H groups in total. The van der Waals surface area contributed by atoms with E-state index < -0.39 is 11.7 Å². The Labute approximate surface area is 173 Å². The number of rotatable bonds is 6. The van der Waals surface area contributed by atoms with Crippen LogP contribution in [0.25, 0.3) is 0 Å². The lowest BCUT2D eigenvalue weighted by molar-refractivity contribution is -0.137. The lowest BCUT2D eigenvalue weighted by Crippen LogP contribution is -2.29. The van der Waals surface area contributed by atoms with Gasteiger partial charge in [-0.2, -0.15) is 13.2 Å². The van der Waals surface area contributed by atoms with Gasteiger partial charge in [-0.1, -0.05) is 30.3 Å². The average Bonchev–Trinajstić information content (AvgIpc) is 3.18. The summed E-state index contributed by atoms with van der Waals surface area (Å²) >= 11 is 0. The van der Waals surface area contributed by atoms with Crippen LogP contribution >= 0.6 is 12.4 Å². The van der Waals surface area contributed by atoms with E-state index in [1.54, 1.807) is 16.9 Å². The number of halogens is 4. The quantitative estimate of drug-likeness (QED) is 0.733. The van der Waals surface area contributed by atoms with E-state index in [0.717, 1.165) is 38.1 Å². The average molecular weight is 432 g/mol. The van der Waals surface area contributed by atoms with Crippen LogP contribution in [0.15, 0.2) is 30.5 Å². The molecule has 1 amide bonds. The maximum absolute atomic E-state index is 12.8. The van der Waals surface area contributed by atoms with E-state index >= 15 is 0 Å². The molecular formula is C19H25ClF3N5O. The molecule has 29 heavy (non-hydrogen) atoms. The number of carbonyl (C=O) groups is 1. The fourth-order valence-corrected chi connectivity index (χ4v) is 3.31. The molecule has 6 nitrogen and oxygen atoms in total. The van der Waals surface area contributed by atoms with Crippen LogP contribution in [-0.4, -0.2) is 40.5 Å². The number of carbonyl (C=O) groups excluding carboxylic acids is 1. The Hall–Kier alpha value is -2.13. The first-order valence-corrected chi connectivity index (χ1v) is 9.42. The SMILES string of the molecule is CC(CCNC(=O)c1cn(C2CCNCC2)nn1)c1cccc(C(F)(F)F)c1.Cl. The van der Waals surface area contributed by atoms with Crippen molar-refractivity contribution in [1.82, 2.24) is 25.6 Å². The molecule has 3 rings (SSSR count). The monoisotopic (exact) mass is 431 g/mol. The van der Waals surface area contributed by atoms with E-state index in [9.17, 15) is 18.0 Å². The zero-order valence-corrected chi connectivity index (χ0v) is 16.9. The zero-order valence-electron chi connectivity index (χ0n) is 16.1. The van der Waals surface area contributed by atoms with Gasteiger partial charge in [0.1, 0.15) is 0 Å². The summed E-state index contributed by atoms with van der Waals surface area (Å²) in [5.74, 6) is -0.440. The van der Waals surface area contributed by atoms with Gasteiger partial charge in [-0.25, -0.2) is 4.68 Å². The van der Waals surface area contributed by atoms with Crippen LogP contribution in [0.5, 0.6) is 0 Å². The minimum atomic E-state index is -4.36. The van der Waals surface area contributed by atoms with Gasteiger partial charge < -0.3 is 10.6 Å².